The number of benzene rings is 1. The molecule has 1 aromatic rings. The maximum absolute atomic E-state index is 14.1. The van der Waals surface area contributed by atoms with E-state index in [0.717, 1.165) is 19.3 Å². The van der Waals surface area contributed by atoms with Crippen LogP contribution < -0.4 is 5.73 Å². The van der Waals surface area contributed by atoms with Crippen LogP contribution in [-0.2, 0) is 12.4 Å². The van der Waals surface area contributed by atoms with Crippen molar-refractivity contribution in [1.29, 1.82) is 0 Å². The lowest BCUT2D eigenvalue weighted by Gasteiger charge is -2.30. The zero-order valence-electron chi connectivity index (χ0n) is 12.5. The molecular weight excluding hydrogens is 363 g/mol. The molecule has 1 atom stereocenters. The zero-order chi connectivity index (χ0) is 17.4. The summed E-state index contributed by atoms with van der Waals surface area (Å²) in [5.41, 5.74) is 1.64. The Balaban J connectivity index is 0.00000288. The first-order valence-electron chi connectivity index (χ1n) is 7.25. The third-order valence-electron chi connectivity index (χ3n) is 4.25. The number of hydrogen-bond donors (Lipinski definition) is 1. The number of hydrogen-bond acceptors (Lipinski definition) is 1. The minimum absolute atomic E-state index is 0. The second-order valence-corrected chi connectivity index (χ2v) is 5.84. The van der Waals surface area contributed by atoms with Crippen LogP contribution in [0.15, 0.2) is 12.1 Å². The Morgan fingerprint density at radius 3 is 1.92 bits per heavy atom. The average Bonchev–Trinajstić information content (AvgIpc) is 2.44. The van der Waals surface area contributed by atoms with Crippen LogP contribution in [0.1, 0.15) is 54.8 Å². The molecule has 0 unspecified atom stereocenters. The van der Waals surface area contributed by atoms with Gasteiger partial charge in [0.05, 0.1) is 11.1 Å². The van der Waals surface area contributed by atoms with Gasteiger partial charge >= 0.3 is 12.4 Å². The van der Waals surface area contributed by atoms with Crippen molar-refractivity contribution in [2.24, 2.45) is 11.7 Å². The number of rotatable bonds is 2. The summed E-state index contributed by atoms with van der Waals surface area (Å²) in [5.74, 6) is -1.92. The molecule has 0 heterocycles. The largest absolute Gasteiger partial charge is 0.416 e. The topological polar surface area (TPSA) is 26.0 Å². The lowest BCUT2D eigenvalue weighted by molar-refractivity contribution is -0.144. The smallest absolute Gasteiger partial charge is 0.324 e. The molecule has 1 saturated carbocycles. The van der Waals surface area contributed by atoms with E-state index in [0.29, 0.717) is 12.8 Å². The van der Waals surface area contributed by atoms with E-state index in [1.54, 1.807) is 0 Å². The van der Waals surface area contributed by atoms with Crippen molar-refractivity contribution >= 4 is 12.4 Å². The monoisotopic (exact) mass is 379 g/mol. The van der Waals surface area contributed by atoms with Crippen LogP contribution in [-0.4, -0.2) is 0 Å². The second-order valence-electron chi connectivity index (χ2n) is 5.84. The van der Waals surface area contributed by atoms with Crippen molar-refractivity contribution in [3.63, 3.8) is 0 Å². The van der Waals surface area contributed by atoms with Crippen LogP contribution in [0.3, 0.4) is 0 Å². The van der Waals surface area contributed by atoms with E-state index in [1.807, 2.05) is 0 Å². The predicted molar refractivity (Wildman–Crippen MR) is 77.2 cm³/mol. The van der Waals surface area contributed by atoms with Gasteiger partial charge in [0.15, 0.2) is 0 Å². The Bertz CT molecular complexity index is 562. The Hall–Kier alpha value is -1.02. The van der Waals surface area contributed by atoms with Gasteiger partial charge in [0.25, 0.3) is 0 Å². The van der Waals surface area contributed by atoms with Gasteiger partial charge in [0.2, 0.25) is 0 Å². The summed E-state index contributed by atoms with van der Waals surface area (Å²) in [5, 5.41) is 0. The molecule has 0 radical (unpaired) electrons. The minimum Gasteiger partial charge on any atom is -0.324 e. The first-order chi connectivity index (χ1) is 10.5. The quantitative estimate of drug-likeness (QED) is 0.639. The highest BCUT2D eigenvalue weighted by atomic mass is 35.5. The van der Waals surface area contributed by atoms with Crippen molar-refractivity contribution < 1.29 is 30.7 Å². The molecule has 1 nitrogen and oxygen atoms in total. The molecule has 0 aromatic heterocycles. The molecule has 0 amide bonds. The van der Waals surface area contributed by atoms with E-state index in [2.05, 4.69) is 0 Å². The molecule has 1 aromatic carbocycles. The van der Waals surface area contributed by atoms with Crippen molar-refractivity contribution in [3.8, 4) is 0 Å². The number of alkyl halides is 6. The highest BCUT2D eigenvalue weighted by molar-refractivity contribution is 5.85. The van der Waals surface area contributed by atoms with Gasteiger partial charge in [-0.2, -0.15) is 26.3 Å². The van der Waals surface area contributed by atoms with E-state index in [-0.39, 0.29) is 30.5 Å². The summed E-state index contributed by atoms with van der Waals surface area (Å²) in [6.07, 6.45) is -6.63. The lowest BCUT2D eigenvalue weighted by atomic mass is 9.80. The summed E-state index contributed by atoms with van der Waals surface area (Å²) in [6.45, 7) is 0. The van der Waals surface area contributed by atoms with E-state index in [4.69, 9.17) is 5.73 Å². The number of halogens is 8. The molecule has 2 rings (SSSR count). The van der Waals surface area contributed by atoms with Gasteiger partial charge in [0.1, 0.15) is 5.82 Å². The molecule has 138 valence electrons. The summed E-state index contributed by atoms with van der Waals surface area (Å²) < 4.78 is 91.5. The second kappa shape index (κ2) is 7.47. The van der Waals surface area contributed by atoms with Crippen LogP contribution in [0.25, 0.3) is 0 Å². The van der Waals surface area contributed by atoms with Gasteiger partial charge in [-0.15, -0.1) is 12.4 Å². The molecule has 2 N–H and O–H groups in total. The molecular formula is C15H17ClF7N. The van der Waals surface area contributed by atoms with E-state index < -0.39 is 40.9 Å². The molecule has 1 fully saturated rings. The minimum atomic E-state index is -5.11. The first-order valence-corrected chi connectivity index (χ1v) is 7.25. The van der Waals surface area contributed by atoms with Crippen molar-refractivity contribution in [2.75, 3.05) is 0 Å². The average molecular weight is 380 g/mol. The van der Waals surface area contributed by atoms with E-state index >= 15 is 0 Å². The van der Waals surface area contributed by atoms with Gasteiger partial charge < -0.3 is 5.73 Å². The third kappa shape index (κ3) is 4.53. The normalized spacial score (nSPS) is 18.2. The summed E-state index contributed by atoms with van der Waals surface area (Å²) in [6, 6.07) is -1.23. The van der Waals surface area contributed by atoms with Crippen LogP contribution in [0, 0.1) is 11.7 Å². The Kier molecular flexibility index (Phi) is 6.55. The fourth-order valence-corrected chi connectivity index (χ4v) is 3.08. The zero-order valence-corrected chi connectivity index (χ0v) is 13.3. The molecule has 0 bridgehead atoms. The van der Waals surface area contributed by atoms with Crippen molar-refractivity contribution in [2.45, 2.75) is 50.5 Å². The molecule has 0 saturated heterocycles. The molecule has 0 aliphatic heterocycles. The molecule has 9 heteroatoms. The Morgan fingerprint density at radius 2 is 1.46 bits per heavy atom. The highest BCUT2D eigenvalue weighted by Gasteiger charge is 2.42. The fraction of sp³-hybridized carbons (Fsp3) is 0.600. The van der Waals surface area contributed by atoms with E-state index in [1.165, 1.54) is 0 Å². The maximum atomic E-state index is 14.1. The summed E-state index contributed by atoms with van der Waals surface area (Å²) >= 11 is 0. The maximum Gasteiger partial charge on any atom is 0.416 e. The van der Waals surface area contributed by atoms with Gasteiger partial charge in [-0.3, -0.25) is 0 Å². The van der Waals surface area contributed by atoms with Gasteiger partial charge in [-0.1, -0.05) is 19.3 Å². The van der Waals surface area contributed by atoms with Crippen molar-refractivity contribution in [1.82, 2.24) is 0 Å². The van der Waals surface area contributed by atoms with Gasteiger partial charge in [-0.25, -0.2) is 4.39 Å². The Morgan fingerprint density at radius 1 is 0.917 bits per heavy atom. The van der Waals surface area contributed by atoms with Gasteiger partial charge in [0, 0.05) is 11.6 Å². The first kappa shape index (κ1) is 21.0. The summed E-state index contributed by atoms with van der Waals surface area (Å²) in [4.78, 5) is 0. The fourth-order valence-electron chi connectivity index (χ4n) is 3.08. The van der Waals surface area contributed by atoms with Crippen LogP contribution >= 0.6 is 12.4 Å². The Labute approximate surface area is 140 Å². The third-order valence-corrected chi connectivity index (χ3v) is 4.25. The standard InChI is InChI=1S/C15H16F7N.ClH/c16-11-7-9(14(17,18)19)6-10(15(20,21)22)12(11)13(23)8-4-2-1-3-5-8;/h6-8,13H,1-5,23H2;1H/t13-;/m1./s1. The lowest BCUT2D eigenvalue weighted by Crippen LogP contribution is -2.28. The van der Waals surface area contributed by atoms with Crippen LogP contribution in [0.4, 0.5) is 30.7 Å². The molecule has 1 aliphatic carbocycles. The van der Waals surface area contributed by atoms with Crippen LogP contribution in [0.2, 0.25) is 0 Å². The van der Waals surface area contributed by atoms with Crippen LogP contribution in [0.5, 0.6) is 0 Å². The predicted octanol–water partition coefficient (Wildman–Crippen LogP) is 5.87. The van der Waals surface area contributed by atoms with Crippen molar-refractivity contribution in [3.05, 3.63) is 34.6 Å². The number of nitrogens with two attached hydrogens (primary N) is 1. The van der Waals surface area contributed by atoms with E-state index in [9.17, 15) is 30.7 Å². The van der Waals surface area contributed by atoms with Gasteiger partial charge in [-0.05, 0) is 30.9 Å². The molecule has 1 aliphatic rings. The highest BCUT2D eigenvalue weighted by Crippen LogP contribution is 2.43. The SMILES string of the molecule is Cl.N[C@@H](c1c(F)cc(C(F)(F)F)cc1C(F)(F)F)C1CCCCC1. The molecule has 24 heavy (non-hydrogen) atoms. The molecule has 0 spiro atoms. The summed E-state index contributed by atoms with van der Waals surface area (Å²) in [7, 11) is 0.